The van der Waals surface area contributed by atoms with Gasteiger partial charge in [0.2, 0.25) is 0 Å². The molecule has 0 saturated carbocycles. The number of aryl methyl sites for hydroxylation is 1. The number of hydrogen-bond acceptors (Lipinski definition) is 3. The molecule has 0 radical (unpaired) electrons. The van der Waals surface area contributed by atoms with E-state index >= 15 is 0 Å². The minimum absolute atomic E-state index is 0.362. The SMILES string of the molecule is CCOC(=O)C(Cl)c1ccc(CC)s1. The standard InChI is InChI=1S/C10H13ClO2S/c1-3-7-5-6-8(14-7)9(11)10(12)13-4-2/h5-6,9H,3-4H2,1-2H3. The predicted octanol–water partition coefficient (Wildman–Crippen LogP) is 3.15. The molecule has 1 heterocycles. The number of rotatable bonds is 4. The lowest BCUT2D eigenvalue weighted by Crippen LogP contribution is -2.09. The molecule has 0 N–H and O–H groups in total. The number of ether oxygens (including phenoxy) is 1. The highest BCUT2D eigenvalue weighted by atomic mass is 35.5. The van der Waals surface area contributed by atoms with E-state index < -0.39 is 5.38 Å². The van der Waals surface area contributed by atoms with Crippen molar-refractivity contribution in [3.05, 3.63) is 21.9 Å². The van der Waals surface area contributed by atoms with Gasteiger partial charge in [-0.2, -0.15) is 0 Å². The average molecular weight is 233 g/mol. The number of esters is 1. The van der Waals surface area contributed by atoms with Crippen molar-refractivity contribution in [1.29, 1.82) is 0 Å². The molecule has 1 rings (SSSR count). The minimum Gasteiger partial charge on any atom is -0.465 e. The van der Waals surface area contributed by atoms with Crippen molar-refractivity contribution in [3.8, 4) is 0 Å². The Morgan fingerprint density at radius 2 is 2.29 bits per heavy atom. The first kappa shape index (κ1) is 11.5. The van der Waals surface area contributed by atoms with Crippen molar-refractivity contribution >= 4 is 28.9 Å². The van der Waals surface area contributed by atoms with Gasteiger partial charge in [0.25, 0.3) is 0 Å². The lowest BCUT2D eigenvalue weighted by molar-refractivity contribution is -0.142. The van der Waals surface area contributed by atoms with E-state index in [0.717, 1.165) is 11.3 Å². The van der Waals surface area contributed by atoms with Crippen LogP contribution in [0.1, 0.15) is 29.0 Å². The number of alkyl halides is 1. The Hall–Kier alpha value is -0.540. The van der Waals surface area contributed by atoms with Crippen LogP contribution in [0.5, 0.6) is 0 Å². The Morgan fingerprint density at radius 3 is 2.79 bits per heavy atom. The summed E-state index contributed by atoms with van der Waals surface area (Å²) in [5.74, 6) is -0.362. The molecule has 14 heavy (non-hydrogen) atoms. The Morgan fingerprint density at radius 1 is 1.57 bits per heavy atom. The zero-order valence-corrected chi connectivity index (χ0v) is 9.82. The summed E-state index contributed by atoms with van der Waals surface area (Å²) >= 11 is 7.50. The normalized spacial score (nSPS) is 12.5. The molecule has 0 amide bonds. The van der Waals surface area contributed by atoms with Gasteiger partial charge in [-0.05, 0) is 25.5 Å². The van der Waals surface area contributed by atoms with E-state index in [1.807, 2.05) is 12.1 Å². The highest BCUT2D eigenvalue weighted by molar-refractivity contribution is 7.12. The first-order valence-corrected chi connectivity index (χ1v) is 5.83. The molecular weight excluding hydrogens is 220 g/mol. The molecule has 1 aromatic heterocycles. The van der Waals surface area contributed by atoms with Crippen LogP contribution >= 0.6 is 22.9 Å². The van der Waals surface area contributed by atoms with Crippen LogP contribution in [-0.2, 0) is 16.0 Å². The zero-order chi connectivity index (χ0) is 10.6. The van der Waals surface area contributed by atoms with Gasteiger partial charge in [0.15, 0.2) is 5.38 Å². The van der Waals surface area contributed by atoms with E-state index in [0.29, 0.717) is 6.61 Å². The van der Waals surface area contributed by atoms with E-state index in [1.165, 1.54) is 4.88 Å². The Kier molecular flexibility index (Phi) is 4.42. The Bertz CT molecular complexity index is 309. The second-order valence-electron chi connectivity index (χ2n) is 2.77. The topological polar surface area (TPSA) is 26.3 Å². The molecule has 78 valence electrons. The molecule has 1 unspecified atom stereocenters. The van der Waals surface area contributed by atoms with Crippen LogP contribution < -0.4 is 0 Å². The van der Waals surface area contributed by atoms with Gasteiger partial charge >= 0.3 is 5.97 Å². The second-order valence-corrected chi connectivity index (χ2v) is 4.41. The minimum atomic E-state index is -0.653. The predicted molar refractivity (Wildman–Crippen MR) is 58.9 cm³/mol. The Labute approximate surface area is 92.8 Å². The fourth-order valence-corrected chi connectivity index (χ4v) is 2.24. The summed E-state index contributed by atoms with van der Waals surface area (Å²) in [6.07, 6.45) is 0.969. The van der Waals surface area contributed by atoms with Gasteiger partial charge in [-0.15, -0.1) is 22.9 Å². The monoisotopic (exact) mass is 232 g/mol. The number of halogens is 1. The summed E-state index contributed by atoms with van der Waals surface area (Å²) in [7, 11) is 0. The third-order valence-electron chi connectivity index (χ3n) is 1.77. The number of thiophene rings is 1. The van der Waals surface area contributed by atoms with Crippen molar-refractivity contribution in [2.75, 3.05) is 6.61 Å². The van der Waals surface area contributed by atoms with Crippen LogP contribution in [0.4, 0.5) is 0 Å². The molecule has 0 spiro atoms. The Balaban J connectivity index is 2.68. The molecule has 0 aromatic carbocycles. The van der Waals surface area contributed by atoms with Crippen LogP contribution in [-0.4, -0.2) is 12.6 Å². The summed E-state index contributed by atoms with van der Waals surface area (Å²) in [6.45, 7) is 4.21. The van der Waals surface area contributed by atoms with Gasteiger partial charge in [-0.3, -0.25) is 4.79 Å². The zero-order valence-electron chi connectivity index (χ0n) is 8.25. The summed E-state index contributed by atoms with van der Waals surface area (Å²) in [4.78, 5) is 13.4. The van der Waals surface area contributed by atoms with Crippen molar-refractivity contribution in [2.45, 2.75) is 25.6 Å². The van der Waals surface area contributed by atoms with Crippen molar-refractivity contribution in [3.63, 3.8) is 0 Å². The molecule has 0 aliphatic rings. The highest BCUT2D eigenvalue weighted by Crippen LogP contribution is 2.29. The molecule has 0 aliphatic heterocycles. The quantitative estimate of drug-likeness (QED) is 0.589. The van der Waals surface area contributed by atoms with E-state index in [2.05, 4.69) is 6.92 Å². The molecule has 0 bridgehead atoms. The van der Waals surface area contributed by atoms with Gasteiger partial charge in [0.05, 0.1) is 6.61 Å². The van der Waals surface area contributed by atoms with Gasteiger partial charge in [-0.1, -0.05) is 6.92 Å². The van der Waals surface area contributed by atoms with E-state index in [4.69, 9.17) is 16.3 Å². The smallest absolute Gasteiger partial charge is 0.329 e. The third-order valence-corrected chi connectivity index (χ3v) is 3.61. The lowest BCUT2D eigenvalue weighted by Gasteiger charge is -2.05. The van der Waals surface area contributed by atoms with E-state index in [-0.39, 0.29) is 5.97 Å². The van der Waals surface area contributed by atoms with Crippen molar-refractivity contribution < 1.29 is 9.53 Å². The van der Waals surface area contributed by atoms with Gasteiger partial charge in [-0.25, -0.2) is 0 Å². The summed E-state index contributed by atoms with van der Waals surface area (Å²) in [5, 5.41) is -0.653. The molecule has 0 saturated heterocycles. The average Bonchev–Trinajstić information content (AvgIpc) is 2.65. The fourth-order valence-electron chi connectivity index (χ4n) is 1.05. The van der Waals surface area contributed by atoms with Gasteiger partial charge < -0.3 is 4.74 Å². The molecule has 0 aliphatic carbocycles. The van der Waals surface area contributed by atoms with Crippen LogP contribution in [0.15, 0.2) is 12.1 Å². The first-order chi connectivity index (χ1) is 6.69. The van der Waals surface area contributed by atoms with Crippen LogP contribution in [0, 0.1) is 0 Å². The highest BCUT2D eigenvalue weighted by Gasteiger charge is 2.20. The number of carbonyl (C=O) groups excluding carboxylic acids is 1. The maximum absolute atomic E-state index is 11.3. The van der Waals surface area contributed by atoms with E-state index in [9.17, 15) is 4.79 Å². The largest absolute Gasteiger partial charge is 0.465 e. The second kappa shape index (κ2) is 5.37. The van der Waals surface area contributed by atoms with Gasteiger partial charge in [0.1, 0.15) is 0 Å². The molecule has 0 fully saturated rings. The maximum Gasteiger partial charge on any atom is 0.329 e. The maximum atomic E-state index is 11.3. The van der Waals surface area contributed by atoms with Crippen molar-refractivity contribution in [1.82, 2.24) is 0 Å². The molecule has 4 heteroatoms. The molecule has 2 nitrogen and oxygen atoms in total. The number of hydrogen-bond donors (Lipinski definition) is 0. The van der Waals surface area contributed by atoms with Crippen LogP contribution in [0.3, 0.4) is 0 Å². The van der Waals surface area contributed by atoms with E-state index in [1.54, 1.807) is 18.3 Å². The van der Waals surface area contributed by atoms with Crippen LogP contribution in [0.25, 0.3) is 0 Å². The number of carbonyl (C=O) groups is 1. The summed E-state index contributed by atoms with van der Waals surface area (Å²) < 4.78 is 4.84. The lowest BCUT2D eigenvalue weighted by atomic mass is 10.3. The summed E-state index contributed by atoms with van der Waals surface area (Å²) in [6, 6.07) is 3.88. The molecular formula is C10H13ClO2S. The third kappa shape index (κ3) is 2.72. The van der Waals surface area contributed by atoms with Crippen molar-refractivity contribution in [2.24, 2.45) is 0 Å². The first-order valence-electron chi connectivity index (χ1n) is 4.58. The molecule has 1 aromatic rings. The summed E-state index contributed by atoms with van der Waals surface area (Å²) in [5.41, 5.74) is 0. The van der Waals surface area contributed by atoms with Crippen LogP contribution in [0.2, 0.25) is 0 Å². The fraction of sp³-hybridized carbons (Fsp3) is 0.500. The van der Waals surface area contributed by atoms with Gasteiger partial charge in [0, 0.05) is 9.75 Å². The molecule has 1 atom stereocenters.